The Morgan fingerprint density at radius 3 is 2.89 bits per heavy atom. The van der Waals surface area contributed by atoms with Crippen molar-refractivity contribution in [3.63, 3.8) is 0 Å². The summed E-state index contributed by atoms with van der Waals surface area (Å²) in [6.07, 6.45) is 6.36. The number of imidazole rings is 1. The SMILES string of the molecule is c1ccc(N(Cc2c[nH]cn2)CC2CCCO2)cc1. The Kier molecular flexibility index (Phi) is 3.79. The summed E-state index contributed by atoms with van der Waals surface area (Å²) in [7, 11) is 0. The predicted octanol–water partition coefficient (Wildman–Crippen LogP) is 2.60. The van der Waals surface area contributed by atoms with Gasteiger partial charge in [0.15, 0.2) is 0 Å². The molecule has 0 aliphatic carbocycles. The van der Waals surface area contributed by atoms with Gasteiger partial charge in [-0.25, -0.2) is 4.98 Å². The van der Waals surface area contributed by atoms with Crippen LogP contribution >= 0.6 is 0 Å². The zero-order valence-electron chi connectivity index (χ0n) is 11.0. The summed E-state index contributed by atoms with van der Waals surface area (Å²) in [5, 5.41) is 0. The lowest BCUT2D eigenvalue weighted by Crippen LogP contribution is -2.31. The molecule has 1 aliphatic rings. The van der Waals surface area contributed by atoms with Gasteiger partial charge in [0.05, 0.1) is 24.7 Å². The topological polar surface area (TPSA) is 41.2 Å². The molecule has 1 aromatic heterocycles. The molecular weight excluding hydrogens is 238 g/mol. The van der Waals surface area contributed by atoms with Gasteiger partial charge in [0.25, 0.3) is 0 Å². The fourth-order valence-corrected chi connectivity index (χ4v) is 2.51. The lowest BCUT2D eigenvalue weighted by Gasteiger charge is -2.26. The minimum atomic E-state index is 0.346. The average Bonchev–Trinajstić information content (AvgIpc) is 3.12. The Labute approximate surface area is 113 Å². The van der Waals surface area contributed by atoms with E-state index < -0.39 is 0 Å². The van der Waals surface area contributed by atoms with Crippen molar-refractivity contribution in [3.8, 4) is 0 Å². The van der Waals surface area contributed by atoms with Crippen LogP contribution in [0, 0.1) is 0 Å². The molecule has 1 aliphatic heterocycles. The highest BCUT2D eigenvalue weighted by molar-refractivity contribution is 5.46. The summed E-state index contributed by atoms with van der Waals surface area (Å²) in [4.78, 5) is 9.67. The number of hydrogen-bond donors (Lipinski definition) is 1. The summed E-state index contributed by atoms with van der Waals surface area (Å²) in [6.45, 7) is 2.64. The van der Waals surface area contributed by atoms with Crippen LogP contribution in [0.15, 0.2) is 42.9 Å². The van der Waals surface area contributed by atoms with Gasteiger partial charge >= 0.3 is 0 Å². The van der Waals surface area contributed by atoms with E-state index in [4.69, 9.17) is 4.74 Å². The fourth-order valence-electron chi connectivity index (χ4n) is 2.51. The van der Waals surface area contributed by atoms with Crippen molar-refractivity contribution in [1.82, 2.24) is 9.97 Å². The number of H-pyrrole nitrogens is 1. The first kappa shape index (κ1) is 12.2. The number of para-hydroxylation sites is 1. The number of anilines is 1. The number of nitrogens with zero attached hydrogens (tertiary/aromatic N) is 2. The summed E-state index contributed by atoms with van der Waals surface area (Å²) in [6, 6.07) is 10.5. The molecule has 0 radical (unpaired) electrons. The van der Waals surface area contributed by atoms with E-state index in [0.29, 0.717) is 6.10 Å². The smallest absolute Gasteiger partial charge is 0.0923 e. The van der Waals surface area contributed by atoms with Gasteiger partial charge in [0.2, 0.25) is 0 Å². The molecule has 3 rings (SSSR count). The normalized spacial score (nSPS) is 18.6. The van der Waals surface area contributed by atoms with E-state index >= 15 is 0 Å². The standard InChI is InChI=1S/C15H19N3O/c1-2-5-14(6-3-1)18(10-13-9-16-12-17-13)11-15-7-4-8-19-15/h1-3,5-6,9,12,15H,4,7-8,10-11H2,(H,16,17). The van der Waals surface area contributed by atoms with Crippen LogP contribution in [-0.2, 0) is 11.3 Å². The third kappa shape index (κ3) is 3.15. The maximum atomic E-state index is 5.75. The molecule has 2 heterocycles. The van der Waals surface area contributed by atoms with Gasteiger partial charge in [0, 0.05) is 25.0 Å². The van der Waals surface area contributed by atoms with Crippen LogP contribution in [-0.4, -0.2) is 29.2 Å². The third-order valence-corrected chi connectivity index (χ3v) is 3.48. The van der Waals surface area contributed by atoms with Crippen molar-refractivity contribution in [1.29, 1.82) is 0 Å². The van der Waals surface area contributed by atoms with Gasteiger partial charge < -0.3 is 14.6 Å². The molecule has 0 spiro atoms. The van der Waals surface area contributed by atoms with Crippen molar-refractivity contribution >= 4 is 5.69 Å². The number of aromatic amines is 1. The van der Waals surface area contributed by atoms with Crippen molar-refractivity contribution in [2.45, 2.75) is 25.5 Å². The highest BCUT2D eigenvalue weighted by atomic mass is 16.5. The van der Waals surface area contributed by atoms with Crippen LogP contribution in [0.1, 0.15) is 18.5 Å². The van der Waals surface area contributed by atoms with Crippen molar-refractivity contribution in [2.75, 3.05) is 18.1 Å². The second-order valence-corrected chi connectivity index (χ2v) is 4.91. The maximum Gasteiger partial charge on any atom is 0.0923 e. The zero-order chi connectivity index (χ0) is 12.9. The van der Waals surface area contributed by atoms with E-state index in [1.807, 2.05) is 12.3 Å². The Hall–Kier alpha value is -1.81. The van der Waals surface area contributed by atoms with Crippen molar-refractivity contribution < 1.29 is 4.74 Å². The number of rotatable bonds is 5. The van der Waals surface area contributed by atoms with Gasteiger partial charge in [-0.05, 0) is 25.0 Å². The molecule has 1 aromatic carbocycles. The van der Waals surface area contributed by atoms with Crippen molar-refractivity contribution in [3.05, 3.63) is 48.5 Å². The highest BCUT2D eigenvalue weighted by Crippen LogP contribution is 2.20. The molecule has 0 amide bonds. The van der Waals surface area contributed by atoms with Crippen LogP contribution < -0.4 is 4.90 Å². The molecule has 1 fully saturated rings. The molecule has 100 valence electrons. The minimum Gasteiger partial charge on any atom is -0.376 e. The lowest BCUT2D eigenvalue weighted by atomic mass is 10.2. The largest absolute Gasteiger partial charge is 0.376 e. The molecule has 2 aromatic rings. The van der Waals surface area contributed by atoms with Crippen LogP contribution in [0.2, 0.25) is 0 Å². The Morgan fingerprint density at radius 2 is 2.21 bits per heavy atom. The van der Waals surface area contributed by atoms with E-state index in [1.165, 1.54) is 12.1 Å². The summed E-state index contributed by atoms with van der Waals surface area (Å²) in [5.41, 5.74) is 2.28. The van der Waals surface area contributed by atoms with E-state index in [0.717, 1.165) is 31.8 Å². The van der Waals surface area contributed by atoms with E-state index in [-0.39, 0.29) is 0 Å². The van der Waals surface area contributed by atoms with Crippen LogP contribution in [0.4, 0.5) is 5.69 Å². The highest BCUT2D eigenvalue weighted by Gasteiger charge is 2.20. The van der Waals surface area contributed by atoms with E-state index in [2.05, 4.69) is 39.1 Å². The van der Waals surface area contributed by atoms with Gasteiger partial charge in [-0.15, -0.1) is 0 Å². The second kappa shape index (κ2) is 5.89. The van der Waals surface area contributed by atoms with Crippen LogP contribution in [0.5, 0.6) is 0 Å². The lowest BCUT2D eigenvalue weighted by molar-refractivity contribution is 0.115. The molecule has 0 bridgehead atoms. The molecule has 4 nitrogen and oxygen atoms in total. The monoisotopic (exact) mass is 257 g/mol. The van der Waals surface area contributed by atoms with E-state index in [1.54, 1.807) is 6.33 Å². The zero-order valence-corrected chi connectivity index (χ0v) is 11.0. The Balaban J connectivity index is 1.74. The van der Waals surface area contributed by atoms with Crippen molar-refractivity contribution in [2.24, 2.45) is 0 Å². The summed E-state index contributed by atoms with van der Waals surface area (Å²) >= 11 is 0. The molecule has 1 unspecified atom stereocenters. The molecule has 1 saturated heterocycles. The van der Waals surface area contributed by atoms with Gasteiger partial charge in [0.1, 0.15) is 0 Å². The summed E-state index contributed by atoms with van der Waals surface area (Å²) in [5.74, 6) is 0. The maximum absolute atomic E-state index is 5.75. The molecular formula is C15H19N3O. The Morgan fingerprint density at radius 1 is 1.32 bits per heavy atom. The number of nitrogens with one attached hydrogen (secondary N) is 1. The van der Waals surface area contributed by atoms with Crippen LogP contribution in [0.3, 0.4) is 0 Å². The summed E-state index contributed by atoms with van der Waals surface area (Å²) < 4.78 is 5.75. The average molecular weight is 257 g/mol. The first-order valence-corrected chi connectivity index (χ1v) is 6.81. The number of hydrogen-bond acceptors (Lipinski definition) is 3. The van der Waals surface area contributed by atoms with Gasteiger partial charge in [-0.3, -0.25) is 0 Å². The first-order chi connectivity index (χ1) is 9.42. The molecule has 0 saturated carbocycles. The Bertz CT molecular complexity index is 477. The van der Waals surface area contributed by atoms with Gasteiger partial charge in [-0.2, -0.15) is 0 Å². The fraction of sp³-hybridized carbons (Fsp3) is 0.400. The van der Waals surface area contributed by atoms with E-state index in [9.17, 15) is 0 Å². The molecule has 1 atom stereocenters. The number of aromatic nitrogens is 2. The molecule has 19 heavy (non-hydrogen) atoms. The predicted molar refractivity (Wildman–Crippen MR) is 75.1 cm³/mol. The molecule has 4 heteroatoms. The second-order valence-electron chi connectivity index (χ2n) is 4.91. The third-order valence-electron chi connectivity index (χ3n) is 3.48. The first-order valence-electron chi connectivity index (χ1n) is 6.81. The van der Waals surface area contributed by atoms with Gasteiger partial charge in [-0.1, -0.05) is 18.2 Å². The van der Waals surface area contributed by atoms with Crippen LogP contribution in [0.25, 0.3) is 0 Å². The minimum absolute atomic E-state index is 0.346. The number of ether oxygens (including phenoxy) is 1. The quantitative estimate of drug-likeness (QED) is 0.895. The number of benzene rings is 1. The molecule has 1 N–H and O–H groups in total.